The van der Waals surface area contributed by atoms with E-state index in [2.05, 4.69) is 20.7 Å². The fourth-order valence-corrected chi connectivity index (χ4v) is 4.33. The van der Waals surface area contributed by atoms with Crippen molar-refractivity contribution >= 4 is 49.2 Å². The van der Waals surface area contributed by atoms with Crippen molar-refractivity contribution in [1.82, 2.24) is 0 Å². The van der Waals surface area contributed by atoms with Gasteiger partial charge in [-0.05, 0) is 34.1 Å². The maximum atomic E-state index is 12.6. The molecule has 3 rings (SSSR count). The quantitative estimate of drug-likeness (QED) is 0.743. The molecule has 1 aliphatic heterocycles. The summed E-state index contributed by atoms with van der Waals surface area (Å²) < 4.78 is 38.9. The lowest BCUT2D eigenvalue weighted by atomic mass is 10.2. The van der Waals surface area contributed by atoms with E-state index < -0.39 is 16.0 Å². The number of halogens is 2. The molecule has 0 radical (unpaired) electrons. The summed E-state index contributed by atoms with van der Waals surface area (Å²) in [6.07, 6.45) is 0. The molecular formula is C15H11BrClNO6S. The van der Waals surface area contributed by atoms with Gasteiger partial charge in [0.15, 0.2) is 11.5 Å². The molecule has 0 unspecified atom stereocenters. The first-order valence-corrected chi connectivity index (χ1v) is 9.58. The molecule has 0 amide bonds. The number of carboxylic acid groups (broad SMARTS) is 1. The van der Waals surface area contributed by atoms with E-state index in [1.54, 1.807) is 6.07 Å². The molecule has 132 valence electrons. The van der Waals surface area contributed by atoms with Gasteiger partial charge in [-0.15, -0.1) is 0 Å². The number of ether oxygens (including phenoxy) is 2. The molecule has 0 saturated heterocycles. The Hall–Kier alpha value is -1.97. The maximum Gasteiger partial charge on any atom is 0.335 e. The zero-order chi connectivity index (χ0) is 18.2. The third-order valence-corrected chi connectivity index (χ3v) is 5.85. The zero-order valence-corrected chi connectivity index (χ0v) is 15.6. The van der Waals surface area contributed by atoms with Crippen LogP contribution in [0.2, 0.25) is 5.02 Å². The van der Waals surface area contributed by atoms with Crippen molar-refractivity contribution in [2.45, 2.75) is 4.90 Å². The van der Waals surface area contributed by atoms with Crippen molar-refractivity contribution < 1.29 is 27.8 Å². The van der Waals surface area contributed by atoms with E-state index in [1.807, 2.05) is 0 Å². The summed E-state index contributed by atoms with van der Waals surface area (Å²) in [4.78, 5) is 10.7. The molecule has 0 atom stereocenters. The first kappa shape index (κ1) is 17.8. The number of hydrogen-bond donors (Lipinski definition) is 2. The van der Waals surface area contributed by atoms with Gasteiger partial charge in [0, 0.05) is 16.6 Å². The van der Waals surface area contributed by atoms with Crippen LogP contribution < -0.4 is 14.2 Å². The summed E-state index contributed by atoms with van der Waals surface area (Å²) in [5, 5.41) is 8.94. The Balaban J connectivity index is 2.00. The molecule has 0 aliphatic carbocycles. The molecule has 1 aliphatic rings. The fourth-order valence-electron chi connectivity index (χ4n) is 2.18. The molecule has 0 bridgehead atoms. The van der Waals surface area contributed by atoms with Crippen molar-refractivity contribution in [3.8, 4) is 11.5 Å². The van der Waals surface area contributed by atoms with Crippen molar-refractivity contribution in [3.05, 3.63) is 45.4 Å². The van der Waals surface area contributed by atoms with Crippen molar-refractivity contribution in [2.75, 3.05) is 17.9 Å². The molecule has 0 spiro atoms. The number of rotatable bonds is 4. The molecular weight excluding hydrogens is 438 g/mol. The van der Waals surface area contributed by atoms with Gasteiger partial charge in [-0.3, -0.25) is 4.72 Å². The van der Waals surface area contributed by atoms with Crippen LogP contribution >= 0.6 is 27.5 Å². The van der Waals surface area contributed by atoms with Crippen LogP contribution in [0.4, 0.5) is 5.69 Å². The Morgan fingerprint density at radius 1 is 1.16 bits per heavy atom. The SMILES string of the molecule is O=C(O)c1ccc(Cl)c(S(=O)(=O)Nc2cc3c(cc2Br)OCCO3)c1. The number of nitrogens with one attached hydrogen (secondary N) is 1. The van der Waals surface area contributed by atoms with Gasteiger partial charge in [-0.25, -0.2) is 13.2 Å². The van der Waals surface area contributed by atoms with E-state index >= 15 is 0 Å². The molecule has 0 fully saturated rings. The molecule has 2 aromatic carbocycles. The summed E-state index contributed by atoms with van der Waals surface area (Å²) in [5.41, 5.74) is 0.0204. The third-order valence-electron chi connectivity index (χ3n) is 3.34. The summed E-state index contributed by atoms with van der Waals surface area (Å²) in [5.74, 6) is -0.363. The molecule has 1 heterocycles. The van der Waals surface area contributed by atoms with E-state index in [4.69, 9.17) is 26.2 Å². The molecule has 10 heteroatoms. The lowest BCUT2D eigenvalue weighted by Gasteiger charge is -2.20. The van der Waals surface area contributed by atoms with E-state index in [0.29, 0.717) is 29.2 Å². The van der Waals surface area contributed by atoms with E-state index in [9.17, 15) is 13.2 Å². The molecule has 7 nitrogen and oxygen atoms in total. The number of carbonyl (C=O) groups is 1. The van der Waals surface area contributed by atoms with Crippen LogP contribution in [0, 0.1) is 0 Å². The van der Waals surface area contributed by atoms with E-state index in [0.717, 1.165) is 6.07 Å². The second kappa shape index (κ2) is 6.74. The van der Waals surface area contributed by atoms with Gasteiger partial charge < -0.3 is 14.6 Å². The summed E-state index contributed by atoms with van der Waals surface area (Å²) in [6.45, 7) is 0.759. The first-order chi connectivity index (χ1) is 11.8. The predicted molar refractivity (Wildman–Crippen MR) is 94.4 cm³/mol. The highest BCUT2D eigenvalue weighted by atomic mass is 79.9. The van der Waals surface area contributed by atoms with Crippen LogP contribution in [0.5, 0.6) is 11.5 Å². The van der Waals surface area contributed by atoms with Crippen molar-refractivity contribution in [2.24, 2.45) is 0 Å². The van der Waals surface area contributed by atoms with Gasteiger partial charge >= 0.3 is 5.97 Å². The summed E-state index contributed by atoms with van der Waals surface area (Å²) in [7, 11) is -4.12. The number of carboxylic acids is 1. The molecule has 2 aromatic rings. The van der Waals surface area contributed by atoms with Crippen molar-refractivity contribution in [3.63, 3.8) is 0 Å². The van der Waals surface area contributed by atoms with Gasteiger partial charge in [0.25, 0.3) is 10.0 Å². The van der Waals surface area contributed by atoms with Gasteiger partial charge in [-0.2, -0.15) is 0 Å². The van der Waals surface area contributed by atoms with Gasteiger partial charge in [0.1, 0.15) is 18.1 Å². The van der Waals surface area contributed by atoms with Crippen LogP contribution in [-0.4, -0.2) is 32.7 Å². The predicted octanol–water partition coefficient (Wildman–Crippen LogP) is 3.37. The number of fused-ring (bicyclic) bond motifs is 1. The normalized spacial score (nSPS) is 13.4. The summed E-state index contributed by atoms with van der Waals surface area (Å²) >= 11 is 9.21. The fraction of sp³-hybridized carbons (Fsp3) is 0.133. The Bertz CT molecular complexity index is 963. The van der Waals surface area contributed by atoms with Crippen LogP contribution in [0.3, 0.4) is 0 Å². The minimum Gasteiger partial charge on any atom is -0.486 e. The van der Waals surface area contributed by atoms with Crippen LogP contribution in [0.25, 0.3) is 0 Å². The number of anilines is 1. The van der Waals surface area contributed by atoms with Gasteiger partial charge in [0.2, 0.25) is 0 Å². The third kappa shape index (κ3) is 3.68. The Morgan fingerprint density at radius 2 is 1.80 bits per heavy atom. The largest absolute Gasteiger partial charge is 0.486 e. The lowest BCUT2D eigenvalue weighted by Crippen LogP contribution is -2.17. The Kier molecular flexibility index (Phi) is 4.81. The highest BCUT2D eigenvalue weighted by Gasteiger charge is 2.23. The minimum atomic E-state index is -4.12. The number of hydrogen-bond acceptors (Lipinski definition) is 5. The minimum absolute atomic E-state index is 0.0915. The highest BCUT2D eigenvalue weighted by Crippen LogP contribution is 2.39. The Labute approximate surface area is 156 Å². The summed E-state index contributed by atoms with van der Waals surface area (Å²) in [6, 6.07) is 6.51. The number of sulfonamides is 1. The molecule has 2 N–H and O–H groups in total. The molecule has 0 aromatic heterocycles. The Morgan fingerprint density at radius 3 is 2.44 bits per heavy atom. The smallest absolute Gasteiger partial charge is 0.335 e. The first-order valence-electron chi connectivity index (χ1n) is 6.93. The number of aromatic carboxylic acids is 1. The standard InChI is InChI=1S/C15H11BrClNO6S/c16-9-6-12-13(24-4-3-23-12)7-11(9)18-25(21,22)14-5-8(15(19)20)1-2-10(14)17/h1-2,5-7,18H,3-4H2,(H,19,20). The van der Waals surface area contributed by atoms with Crippen LogP contribution in [-0.2, 0) is 10.0 Å². The van der Waals surface area contributed by atoms with Gasteiger partial charge in [0.05, 0.1) is 16.3 Å². The van der Waals surface area contributed by atoms with E-state index in [1.165, 1.54) is 18.2 Å². The zero-order valence-electron chi connectivity index (χ0n) is 12.5. The van der Waals surface area contributed by atoms with Crippen LogP contribution in [0.1, 0.15) is 10.4 Å². The topological polar surface area (TPSA) is 102 Å². The molecule has 0 saturated carbocycles. The van der Waals surface area contributed by atoms with Crippen molar-refractivity contribution in [1.29, 1.82) is 0 Å². The second-order valence-electron chi connectivity index (χ2n) is 5.03. The van der Waals surface area contributed by atoms with Crippen LogP contribution in [0.15, 0.2) is 39.7 Å². The monoisotopic (exact) mass is 447 g/mol. The second-order valence-corrected chi connectivity index (χ2v) is 7.94. The molecule has 25 heavy (non-hydrogen) atoms. The van der Waals surface area contributed by atoms with Gasteiger partial charge in [-0.1, -0.05) is 11.6 Å². The number of benzene rings is 2. The average Bonchev–Trinajstić information content (AvgIpc) is 2.55. The average molecular weight is 449 g/mol. The van der Waals surface area contributed by atoms with E-state index in [-0.39, 0.29) is 21.2 Å². The lowest BCUT2D eigenvalue weighted by molar-refractivity contribution is 0.0696. The highest BCUT2D eigenvalue weighted by molar-refractivity contribution is 9.10. The maximum absolute atomic E-state index is 12.6.